The third-order valence-electron chi connectivity index (χ3n) is 3.19. The number of amides is 1. The van der Waals surface area contributed by atoms with Crippen molar-refractivity contribution in [2.24, 2.45) is 0 Å². The van der Waals surface area contributed by atoms with Crippen LogP contribution < -0.4 is 0 Å². The van der Waals surface area contributed by atoms with Crippen LogP contribution in [-0.2, 0) is 6.42 Å². The van der Waals surface area contributed by atoms with Crippen LogP contribution in [0.15, 0.2) is 30.3 Å². The molecular weight excluding hydrogens is 204 g/mol. The van der Waals surface area contributed by atoms with Crippen molar-refractivity contribution in [3.05, 3.63) is 35.9 Å². The Morgan fingerprint density at radius 1 is 1.31 bits per heavy atom. The molecule has 1 aliphatic heterocycles. The maximum atomic E-state index is 11.1. The summed E-state index contributed by atoms with van der Waals surface area (Å²) < 4.78 is 0. The highest BCUT2D eigenvalue weighted by atomic mass is 16.4. The third-order valence-corrected chi connectivity index (χ3v) is 3.19. The zero-order chi connectivity index (χ0) is 11.4. The minimum atomic E-state index is -0.777. The van der Waals surface area contributed by atoms with Crippen molar-refractivity contribution in [3.8, 4) is 0 Å². The van der Waals surface area contributed by atoms with Gasteiger partial charge in [0.05, 0.1) is 0 Å². The molecule has 1 aliphatic rings. The molecule has 3 nitrogen and oxygen atoms in total. The number of rotatable bonds is 2. The first-order chi connectivity index (χ1) is 7.77. The lowest BCUT2D eigenvalue weighted by molar-refractivity contribution is 0.106. The summed E-state index contributed by atoms with van der Waals surface area (Å²) in [5, 5.41) is 9.11. The molecule has 1 N–H and O–H groups in total. The molecule has 3 heteroatoms. The van der Waals surface area contributed by atoms with E-state index in [0.717, 1.165) is 25.7 Å². The van der Waals surface area contributed by atoms with Crippen LogP contribution in [0.25, 0.3) is 0 Å². The monoisotopic (exact) mass is 221 g/mol. The van der Waals surface area contributed by atoms with Gasteiger partial charge in [-0.25, -0.2) is 4.79 Å². The average molecular weight is 221 g/mol. The molecule has 0 radical (unpaired) electrons. The van der Waals surface area contributed by atoms with Gasteiger partial charge in [-0.2, -0.15) is 0 Å². The Morgan fingerprint density at radius 3 is 2.75 bits per heavy atom. The van der Waals surface area contributed by atoms with Crippen LogP contribution in [0.1, 0.15) is 24.8 Å². The molecular formula is C13H17NO2. The first-order valence-electron chi connectivity index (χ1n) is 5.81. The molecule has 1 amide bonds. The minimum Gasteiger partial charge on any atom is -0.465 e. The van der Waals surface area contributed by atoms with Crippen molar-refractivity contribution in [1.82, 2.24) is 4.90 Å². The fourth-order valence-corrected chi connectivity index (χ4v) is 2.35. The molecule has 1 heterocycles. The van der Waals surface area contributed by atoms with Gasteiger partial charge in [-0.05, 0) is 31.2 Å². The van der Waals surface area contributed by atoms with Crippen LogP contribution in [0.5, 0.6) is 0 Å². The average Bonchev–Trinajstić information content (AvgIpc) is 2.31. The maximum Gasteiger partial charge on any atom is 0.407 e. The highest BCUT2D eigenvalue weighted by Crippen LogP contribution is 2.20. The van der Waals surface area contributed by atoms with Gasteiger partial charge in [0.1, 0.15) is 0 Å². The summed E-state index contributed by atoms with van der Waals surface area (Å²) >= 11 is 0. The first-order valence-corrected chi connectivity index (χ1v) is 5.81. The second-order valence-electron chi connectivity index (χ2n) is 4.32. The second-order valence-corrected chi connectivity index (χ2v) is 4.32. The Bertz CT molecular complexity index is 350. The van der Waals surface area contributed by atoms with Crippen LogP contribution in [-0.4, -0.2) is 28.7 Å². The van der Waals surface area contributed by atoms with Gasteiger partial charge in [0.15, 0.2) is 0 Å². The van der Waals surface area contributed by atoms with Crippen LogP contribution in [0.4, 0.5) is 4.79 Å². The van der Waals surface area contributed by atoms with Gasteiger partial charge >= 0.3 is 6.09 Å². The molecule has 0 bridgehead atoms. The molecule has 0 unspecified atom stereocenters. The summed E-state index contributed by atoms with van der Waals surface area (Å²) in [6, 6.07) is 10.3. The molecule has 0 spiro atoms. The molecule has 1 aromatic rings. The van der Waals surface area contributed by atoms with Crippen LogP contribution in [0, 0.1) is 0 Å². The van der Waals surface area contributed by atoms with Gasteiger partial charge in [-0.15, -0.1) is 0 Å². The van der Waals surface area contributed by atoms with Crippen LogP contribution in [0.3, 0.4) is 0 Å². The van der Waals surface area contributed by atoms with E-state index in [1.165, 1.54) is 5.56 Å². The lowest BCUT2D eigenvalue weighted by atomic mass is 10.1. The summed E-state index contributed by atoms with van der Waals surface area (Å²) in [5.74, 6) is 0. The molecule has 0 saturated carbocycles. The zero-order valence-electron chi connectivity index (χ0n) is 9.30. The molecule has 2 rings (SSSR count). The first kappa shape index (κ1) is 11.0. The van der Waals surface area contributed by atoms with Crippen LogP contribution in [0.2, 0.25) is 0 Å². The zero-order valence-corrected chi connectivity index (χ0v) is 9.30. The van der Waals surface area contributed by atoms with E-state index >= 15 is 0 Å². The number of carboxylic acid groups (broad SMARTS) is 1. The van der Waals surface area contributed by atoms with Gasteiger partial charge in [0.25, 0.3) is 0 Å². The predicted molar refractivity (Wildman–Crippen MR) is 62.5 cm³/mol. The van der Waals surface area contributed by atoms with E-state index in [1.54, 1.807) is 4.90 Å². The topological polar surface area (TPSA) is 40.5 Å². The highest BCUT2D eigenvalue weighted by Gasteiger charge is 2.26. The summed E-state index contributed by atoms with van der Waals surface area (Å²) in [5.41, 5.74) is 1.22. The SMILES string of the molecule is O=C(O)N1[13CH2]CCC[13C@@H]1Cc1ccccc1. The summed E-state index contributed by atoms with van der Waals surface area (Å²) in [6.45, 7) is 0.687. The lowest BCUT2D eigenvalue weighted by Gasteiger charge is -2.33. The van der Waals surface area contributed by atoms with Crippen molar-refractivity contribution in [1.29, 1.82) is 0 Å². The Morgan fingerprint density at radius 2 is 2.06 bits per heavy atom. The maximum absolute atomic E-state index is 11.1. The molecule has 86 valence electrons. The van der Waals surface area contributed by atoms with E-state index in [2.05, 4.69) is 12.1 Å². The van der Waals surface area contributed by atoms with E-state index in [4.69, 9.17) is 5.11 Å². The van der Waals surface area contributed by atoms with E-state index in [0.29, 0.717) is 6.54 Å². The Labute approximate surface area is 95.7 Å². The van der Waals surface area contributed by atoms with Gasteiger partial charge in [-0.3, -0.25) is 0 Å². The fraction of sp³-hybridized carbons (Fsp3) is 0.462. The third kappa shape index (κ3) is 2.54. The predicted octanol–water partition coefficient (Wildman–Crippen LogP) is 2.76. The second kappa shape index (κ2) is 5.01. The number of piperidine rings is 1. The van der Waals surface area contributed by atoms with Gasteiger partial charge < -0.3 is 10.0 Å². The van der Waals surface area contributed by atoms with Crippen molar-refractivity contribution in [2.75, 3.05) is 6.54 Å². The summed E-state index contributed by atoms with van der Waals surface area (Å²) in [7, 11) is 0. The number of carbonyl (C=O) groups is 1. The number of nitrogens with zero attached hydrogens (tertiary/aromatic N) is 1. The van der Waals surface area contributed by atoms with Crippen molar-refractivity contribution in [3.63, 3.8) is 0 Å². The molecule has 16 heavy (non-hydrogen) atoms. The number of hydrogen-bond donors (Lipinski definition) is 1. The summed E-state index contributed by atoms with van der Waals surface area (Å²) in [4.78, 5) is 12.7. The van der Waals surface area contributed by atoms with Gasteiger partial charge in [0.2, 0.25) is 0 Å². The van der Waals surface area contributed by atoms with Gasteiger partial charge in [-0.1, -0.05) is 30.3 Å². The Hall–Kier alpha value is -1.51. The van der Waals surface area contributed by atoms with Crippen molar-refractivity contribution >= 4 is 6.09 Å². The minimum absolute atomic E-state index is 0.161. The Balaban J connectivity index is 2.04. The summed E-state index contributed by atoms with van der Waals surface area (Å²) in [6.07, 6.45) is 3.19. The molecule has 0 aromatic heterocycles. The Kier molecular flexibility index (Phi) is 3.44. The van der Waals surface area contributed by atoms with Gasteiger partial charge in [0, 0.05) is 12.6 Å². The highest BCUT2D eigenvalue weighted by molar-refractivity contribution is 5.65. The number of likely N-dealkylation sites (tertiary alicyclic amines) is 1. The van der Waals surface area contributed by atoms with E-state index in [9.17, 15) is 4.79 Å². The fourth-order valence-electron chi connectivity index (χ4n) is 2.35. The molecule has 1 fully saturated rings. The number of hydrogen-bond acceptors (Lipinski definition) is 1. The molecule has 1 atom stereocenters. The molecule has 0 aliphatic carbocycles. The smallest absolute Gasteiger partial charge is 0.407 e. The molecule has 1 saturated heterocycles. The van der Waals surface area contributed by atoms with E-state index in [1.807, 2.05) is 18.2 Å². The van der Waals surface area contributed by atoms with E-state index < -0.39 is 6.09 Å². The van der Waals surface area contributed by atoms with Crippen molar-refractivity contribution < 1.29 is 9.90 Å². The van der Waals surface area contributed by atoms with Crippen molar-refractivity contribution in [2.45, 2.75) is 31.7 Å². The quantitative estimate of drug-likeness (QED) is 0.780. The normalized spacial score (nSPS) is 20.8. The lowest BCUT2D eigenvalue weighted by Crippen LogP contribution is -2.44. The number of benzene rings is 1. The standard InChI is InChI=1S/C13H17NO2/c15-13(16)14-9-5-4-8-12(14)10-11-6-2-1-3-7-11/h1-3,6-7,12H,4-5,8-10H2,(H,15,16)/t12-/m1/s1/i9+1,12+1. The largest absolute Gasteiger partial charge is 0.465 e. The van der Waals surface area contributed by atoms with E-state index in [-0.39, 0.29) is 6.04 Å². The van der Waals surface area contributed by atoms with Crippen LogP contribution >= 0.6 is 0 Å². The molecule has 1 aromatic carbocycles.